The molecule has 0 saturated carbocycles. The largest absolute Gasteiger partial charge is 0.396 e. The Bertz CT molecular complexity index is 66.3. The van der Waals surface area contributed by atoms with E-state index in [2.05, 4.69) is 6.92 Å². The summed E-state index contributed by atoms with van der Waals surface area (Å²) in [6.07, 6.45) is 4.43. The molecule has 0 saturated heterocycles. The van der Waals surface area contributed by atoms with Crippen molar-refractivity contribution in [3.63, 3.8) is 0 Å². The van der Waals surface area contributed by atoms with E-state index < -0.39 is 0 Å². The van der Waals surface area contributed by atoms with Crippen LogP contribution in [0.1, 0.15) is 32.6 Å². The number of hydrogen-bond donors (Lipinski definition) is 2. The molecule has 0 amide bonds. The maximum Gasteiger partial charge on any atom is 0.0459 e. The van der Waals surface area contributed by atoms with Crippen LogP contribution in [0.2, 0.25) is 0 Å². The van der Waals surface area contributed by atoms with Gasteiger partial charge in [-0.3, -0.25) is 0 Å². The number of rotatable bonds is 6. The smallest absolute Gasteiger partial charge is 0.0459 e. The highest BCUT2D eigenvalue weighted by Gasteiger charge is 2.03. The van der Waals surface area contributed by atoms with E-state index in [0.717, 1.165) is 32.2 Å². The average molecular weight is 145 g/mol. The monoisotopic (exact) mass is 145 g/mol. The molecule has 3 N–H and O–H groups in total. The number of nitrogens with two attached hydrogens (primary N) is 1. The molecular weight excluding hydrogens is 126 g/mol. The molecule has 0 aliphatic rings. The zero-order valence-corrected chi connectivity index (χ0v) is 6.84. The molecule has 0 aromatic carbocycles. The van der Waals surface area contributed by atoms with Crippen LogP contribution in [-0.4, -0.2) is 18.3 Å². The zero-order chi connectivity index (χ0) is 7.82. The predicted octanol–water partition coefficient (Wildman–Crippen LogP) is 1.13. The molecule has 0 rings (SSSR count). The summed E-state index contributed by atoms with van der Waals surface area (Å²) in [4.78, 5) is 0. The first-order valence-corrected chi connectivity index (χ1v) is 4.16. The van der Waals surface area contributed by atoms with Crippen LogP contribution in [0.5, 0.6) is 0 Å². The standard InChI is InChI=1S/C8H19NO/c1-2-4-8(7-10)5-3-6-9/h8,10H,2-7,9H2,1H3. The molecule has 0 aliphatic carbocycles. The average Bonchev–Trinajstić information content (AvgIpc) is 1.98. The van der Waals surface area contributed by atoms with Gasteiger partial charge in [0.2, 0.25) is 0 Å². The second-order valence-corrected chi connectivity index (χ2v) is 2.77. The van der Waals surface area contributed by atoms with Crippen molar-refractivity contribution in [1.29, 1.82) is 0 Å². The second kappa shape index (κ2) is 7.03. The van der Waals surface area contributed by atoms with Gasteiger partial charge in [0.1, 0.15) is 0 Å². The lowest BCUT2D eigenvalue weighted by molar-refractivity contribution is 0.208. The minimum atomic E-state index is 0.327. The minimum absolute atomic E-state index is 0.327. The first-order valence-electron chi connectivity index (χ1n) is 4.16. The van der Waals surface area contributed by atoms with Gasteiger partial charge in [0.15, 0.2) is 0 Å². The van der Waals surface area contributed by atoms with E-state index in [0.29, 0.717) is 12.5 Å². The fourth-order valence-corrected chi connectivity index (χ4v) is 1.14. The molecule has 62 valence electrons. The summed E-state index contributed by atoms with van der Waals surface area (Å²) in [5.74, 6) is 0.494. The highest BCUT2D eigenvalue weighted by Crippen LogP contribution is 2.11. The van der Waals surface area contributed by atoms with Crippen molar-refractivity contribution in [2.45, 2.75) is 32.6 Å². The van der Waals surface area contributed by atoms with Gasteiger partial charge in [-0.05, 0) is 31.7 Å². The molecule has 2 heteroatoms. The Morgan fingerprint density at radius 1 is 1.40 bits per heavy atom. The highest BCUT2D eigenvalue weighted by molar-refractivity contribution is 4.56. The first kappa shape index (κ1) is 9.92. The Morgan fingerprint density at radius 2 is 2.10 bits per heavy atom. The van der Waals surface area contributed by atoms with Gasteiger partial charge < -0.3 is 10.8 Å². The fourth-order valence-electron chi connectivity index (χ4n) is 1.14. The second-order valence-electron chi connectivity index (χ2n) is 2.77. The van der Waals surface area contributed by atoms with Crippen LogP contribution in [0.15, 0.2) is 0 Å². The zero-order valence-electron chi connectivity index (χ0n) is 6.84. The van der Waals surface area contributed by atoms with E-state index >= 15 is 0 Å². The molecular formula is C8H19NO. The molecule has 0 aromatic heterocycles. The lowest BCUT2D eigenvalue weighted by Gasteiger charge is -2.10. The molecule has 10 heavy (non-hydrogen) atoms. The summed E-state index contributed by atoms with van der Waals surface area (Å²) in [6, 6.07) is 0. The maximum atomic E-state index is 8.84. The lowest BCUT2D eigenvalue weighted by Crippen LogP contribution is -2.08. The molecule has 0 heterocycles. The van der Waals surface area contributed by atoms with E-state index in [-0.39, 0.29) is 0 Å². The molecule has 1 atom stereocenters. The quantitative estimate of drug-likeness (QED) is 0.588. The molecule has 0 aliphatic heterocycles. The Labute approximate surface area is 63.4 Å². The van der Waals surface area contributed by atoms with Crippen LogP contribution in [0, 0.1) is 5.92 Å². The van der Waals surface area contributed by atoms with Gasteiger partial charge in [0.05, 0.1) is 0 Å². The van der Waals surface area contributed by atoms with Crippen molar-refractivity contribution in [3.05, 3.63) is 0 Å². The van der Waals surface area contributed by atoms with Crippen LogP contribution < -0.4 is 5.73 Å². The Balaban J connectivity index is 3.21. The van der Waals surface area contributed by atoms with Gasteiger partial charge in [-0.1, -0.05) is 13.3 Å². The van der Waals surface area contributed by atoms with Crippen molar-refractivity contribution in [2.24, 2.45) is 11.7 Å². The number of aliphatic hydroxyl groups is 1. The summed E-state index contributed by atoms with van der Waals surface area (Å²) in [7, 11) is 0. The molecule has 0 radical (unpaired) electrons. The molecule has 0 aromatic rings. The van der Waals surface area contributed by atoms with Gasteiger partial charge >= 0.3 is 0 Å². The van der Waals surface area contributed by atoms with Gasteiger partial charge in [0, 0.05) is 6.61 Å². The van der Waals surface area contributed by atoms with E-state index in [9.17, 15) is 0 Å². The summed E-state index contributed by atoms with van der Waals surface area (Å²) in [5.41, 5.74) is 5.35. The summed E-state index contributed by atoms with van der Waals surface area (Å²) >= 11 is 0. The van der Waals surface area contributed by atoms with Crippen molar-refractivity contribution < 1.29 is 5.11 Å². The van der Waals surface area contributed by atoms with Crippen LogP contribution >= 0.6 is 0 Å². The van der Waals surface area contributed by atoms with Gasteiger partial charge in [0.25, 0.3) is 0 Å². The third-order valence-corrected chi connectivity index (χ3v) is 1.77. The predicted molar refractivity (Wildman–Crippen MR) is 43.8 cm³/mol. The van der Waals surface area contributed by atoms with Crippen LogP contribution in [-0.2, 0) is 0 Å². The third kappa shape index (κ3) is 4.77. The first-order chi connectivity index (χ1) is 4.85. The molecule has 1 unspecified atom stereocenters. The van der Waals surface area contributed by atoms with Gasteiger partial charge in [-0.2, -0.15) is 0 Å². The van der Waals surface area contributed by atoms with Crippen molar-refractivity contribution in [3.8, 4) is 0 Å². The van der Waals surface area contributed by atoms with Gasteiger partial charge in [-0.15, -0.1) is 0 Å². The maximum absolute atomic E-state index is 8.84. The van der Waals surface area contributed by atoms with Crippen LogP contribution in [0.3, 0.4) is 0 Å². The fraction of sp³-hybridized carbons (Fsp3) is 1.00. The minimum Gasteiger partial charge on any atom is -0.396 e. The summed E-state index contributed by atoms with van der Waals surface area (Å²) < 4.78 is 0. The third-order valence-electron chi connectivity index (χ3n) is 1.77. The lowest BCUT2D eigenvalue weighted by atomic mass is 9.99. The Hall–Kier alpha value is -0.0800. The Kier molecular flexibility index (Phi) is 6.98. The van der Waals surface area contributed by atoms with E-state index in [1.807, 2.05) is 0 Å². The van der Waals surface area contributed by atoms with Gasteiger partial charge in [-0.25, -0.2) is 0 Å². The molecule has 2 nitrogen and oxygen atoms in total. The molecule has 0 bridgehead atoms. The molecule has 0 fully saturated rings. The van der Waals surface area contributed by atoms with Crippen molar-refractivity contribution >= 4 is 0 Å². The SMILES string of the molecule is CCCC(CO)CCCN. The highest BCUT2D eigenvalue weighted by atomic mass is 16.3. The normalized spacial score (nSPS) is 13.5. The van der Waals surface area contributed by atoms with E-state index in [1.54, 1.807) is 0 Å². The number of hydrogen-bond acceptors (Lipinski definition) is 2. The summed E-state index contributed by atoms with van der Waals surface area (Å²) in [5, 5.41) is 8.84. The topological polar surface area (TPSA) is 46.2 Å². The summed E-state index contributed by atoms with van der Waals surface area (Å²) in [6.45, 7) is 3.22. The van der Waals surface area contributed by atoms with Crippen LogP contribution in [0.25, 0.3) is 0 Å². The van der Waals surface area contributed by atoms with Crippen molar-refractivity contribution in [1.82, 2.24) is 0 Å². The van der Waals surface area contributed by atoms with Crippen molar-refractivity contribution in [2.75, 3.05) is 13.2 Å². The Morgan fingerprint density at radius 3 is 2.50 bits per heavy atom. The van der Waals surface area contributed by atoms with E-state index in [1.165, 1.54) is 0 Å². The number of aliphatic hydroxyl groups excluding tert-OH is 1. The van der Waals surface area contributed by atoms with Crippen LogP contribution in [0.4, 0.5) is 0 Å². The molecule has 0 spiro atoms. The van der Waals surface area contributed by atoms with E-state index in [4.69, 9.17) is 10.8 Å².